The smallest absolute Gasteiger partial charge is 0.253 e. The van der Waals surface area contributed by atoms with Crippen molar-refractivity contribution < 1.29 is 9.59 Å². The molecule has 6 heteroatoms. The van der Waals surface area contributed by atoms with Gasteiger partial charge in [0.25, 0.3) is 5.91 Å². The van der Waals surface area contributed by atoms with Crippen LogP contribution in [0.1, 0.15) is 22.8 Å². The summed E-state index contributed by atoms with van der Waals surface area (Å²) in [7, 11) is 3.37. The molecule has 0 bridgehead atoms. The van der Waals surface area contributed by atoms with Gasteiger partial charge in [-0.2, -0.15) is 0 Å². The van der Waals surface area contributed by atoms with E-state index in [1.165, 1.54) is 4.90 Å². The number of carbonyl (C=O) groups is 2. The van der Waals surface area contributed by atoms with Gasteiger partial charge in [-0.05, 0) is 31.5 Å². The molecule has 3 N–H and O–H groups in total. The molecule has 0 aliphatic heterocycles. The van der Waals surface area contributed by atoms with E-state index in [4.69, 9.17) is 5.73 Å². The van der Waals surface area contributed by atoms with Gasteiger partial charge in [-0.3, -0.25) is 9.59 Å². The Morgan fingerprint density at radius 1 is 1.32 bits per heavy atom. The Labute approximate surface area is 119 Å². The summed E-state index contributed by atoms with van der Waals surface area (Å²) in [5.41, 5.74) is 7.53. The first-order valence-corrected chi connectivity index (χ1v) is 5.71. The highest BCUT2D eigenvalue weighted by molar-refractivity contribution is 5.98. The highest BCUT2D eigenvalue weighted by Crippen LogP contribution is 2.17. The lowest BCUT2D eigenvalue weighted by atomic mass is 10.1. The highest BCUT2D eigenvalue weighted by Gasteiger charge is 2.13. The van der Waals surface area contributed by atoms with Crippen LogP contribution in [0.15, 0.2) is 18.2 Å². The molecule has 0 spiro atoms. The van der Waals surface area contributed by atoms with Crippen LogP contribution >= 0.6 is 12.4 Å². The molecule has 1 rings (SSSR count). The SMILES string of the molecule is Cc1ccc(C(=O)N(C)C)cc1NC(=O)[C@@H](C)N.Cl. The van der Waals surface area contributed by atoms with Crippen molar-refractivity contribution in [3.05, 3.63) is 29.3 Å². The van der Waals surface area contributed by atoms with Crippen LogP contribution in [0.2, 0.25) is 0 Å². The van der Waals surface area contributed by atoms with Crippen molar-refractivity contribution in [2.45, 2.75) is 19.9 Å². The number of rotatable bonds is 3. The number of hydrogen-bond acceptors (Lipinski definition) is 3. The summed E-state index contributed by atoms with van der Waals surface area (Å²) in [4.78, 5) is 24.9. The first-order valence-electron chi connectivity index (χ1n) is 5.71. The third-order valence-electron chi connectivity index (χ3n) is 2.56. The summed E-state index contributed by atoms with van der Waals surface area (Å²) in [6, 6.07) is 4.61. The number of anilines is 1. The molecule has 0 unspecified atom stereocenters. The molecule has 0 aliphatic rings. The number of amides is 2. The molecular weight excluding hydrogens is 266 g/mol. The Morgan fingerprint density at radius 3 is 2.37 bits per heavy atom. The van der Waals surface area contributed by atoms with E-state index in [1.807, 2.05) is 6.92 Å². The average Bonchev–Trinajstić information content (AvgIpc) is 2.30. The fourth-order valence-corrected chi connectivity index (χ4v) is 1.39. The van der Waals surface area contributed by atoms with Crippen LogP contribution in [-0.4, -0.2) is 36.9 Å². The van der Waals surface area contributed by atoms with E-state index in [2.05, 4.69) is 5.32 Å². The Bertz CT molecular complexity index is 473. The molecule has 0 radical (unpaired) electrons. The minimum Gasteiger partial charge on any atom is -0.345 e. The molecule has 5 nitrogen and oxygen atoms in total. The number of hydrogen-bond donors (Lipinski definition) is 2. The van der Waals surface area contributed by atoms with Gasteiger partial charge in [0.15, 0.2) is 0 Å². The molecule has 1 atom stereocenters. The second-order valence-electron chi connectivity index (χ2n) is 4.51. The van der Waals surface area contributed by atoms with Crippen molar-refractivity contribution in [2.75, 3.05) is 19.4 Å². The number of nitrogens with two attached hydrogens (primary N) is 1. The molecule has 1 aromatic carbocycles. The Kier molecular flexibility index (Phi) is 6.52. The van der Waals surface area contributed by atoms with Gasteiger partial charge in [0.2, 0.25) is 5.91 Å². The van der Waals surface area contributed by atoms with E-state index in [0.29, 0.717) is 11.3 Å². The number of nitrogens with zero attached hydrogens (tertiary/aromatic N) is 1. The number of carbonyl (C=O) groups excluding carboxylic acids is 2. The van der Waals surface area contributed by atoms with Gasteiger partial charge in [-0.1, -0.05) is 6.07 Å². The Balaban J connectivity index is 0.00000324. The highest BCUT2D eigenvalue weighted by atomic mass is 35.5. The summed E-state index contributed by atoms with van der Waals surface area (Å²) in [6.07, 6.45) is 0. The van der Waals surface area contributed by atoms with Crippen molar-refractivity contribution in [3.8, 4) is 0 Å². The van der Waals surface area contributed by atoms with Gasteiger partial charge in [0.05, 0.1) is 6.04 Å². The Hall–Kier alpha value is -1.59. The van der Waals surface area contributed by atoms with Crippen molar-refractivity contribution in [1.29, 1.82) is 0 Å². The maximum absolute atomic E-state index is 11.8. The molecule has 106 valence electrons. The number of nitrogens with one attached hydrogen (secondary N) is 1. The summed E-state index contributed by atoms with van der Waals surface area (Å²) < 4.78 is 0. The van der Waals surface area contributed by atoms with Gasteiger partial charge < -0.3 is 16.0 Å². The summed E-state index contributed by atoms with van der Waals surface area (Å²) in [6.45, 7) is 3.47. The normalized spacial score (nSPS) is 11.2. The van der Waals surface area contributed by atoms with Crippen LogP contribution in [0.25, 0.3) is 0 Å². The molecule has 19 heavy (non-hydrogen) atoms. The first kappa shape index (κ1) is 17.4. The lowest BCUT2D eigenvalue weighted by Gasteiger charge is -2.14. The second-order valence-corrected chi connectivity index (χ2v) is 4.51. The van der Waals surface area contributed by atoms with Gasteiger partial charge in [0, 0.05) is 25.3 Å². The molecule has 0 aliphatic carbocycles. The molecule has 2 amide bonds. The van der Waals surface area contributed by atoms with Crippen LogP contribution in [-0.2, 0) is 4.79 Å². The predicted octanol–water partition coefficient (Wildman–Crippen LogP) is 1.40. The maximum atomic E-state index is 11.8. The van der Waals surface area contributed by atoms with Crippen molar-refractivity contribution in [2.24, 2.45) is 5.73 Å². The van der Waals surface area contributed by atoms with Gasteiger partial charge in [0.1, 0.15) is 0 Å². The predicted molar refractivity (Wildman–Crippen MR) is 78.7 cm³/mol. The van der Waals surface area contributed by atoms with E-state index in [9.17, 15) is 9.59 Å². The zero-order valence-electron chi connectivity index (χ0n) is 11.6. The van der Waals surface area contributed by atoms with E-state index in [1.54, 1.807) is 39.2 Å². The zero-order chi connectivity index (χ0) is 13.9. The Morgan fingerprint density at radius 2 is 1.89 bits per heavy atom. The number of benzene rings is 1. The first-order chi connectivity index (χ1) is 8.32. The molecule has 0 saturated carbocycles. The topological polar surface area (TPSA) is 75.4 Å². The minimum atomic E-state index is -0.586. The van der Waals surface area contributed by atoms with Gasteiger partial charge in [-0.25, -0.2) is 0 Å². The van der Waals surface area contributed by atoms with Crippen LogP contribution in [0, 0.1) is 6.92 Å². The number of aryl methyl sites for hydroxylation is 1. The lowest BCUT2D eigenvalue weighted by Crippen LogP contribution is -2.32. The molecule has 1 aromatic rings. The molecule has 0 heterocycles. The fourth-order valence-electron chi connectivity index (χ4n) is 1.39. The van der Waals surface area contributed by atoms with E-state index < -0.39 is 6.04 Å². The van der Waals surface area contributed by atoms with E-state index in [0.717, 1.165) is 5.56 Å². The lowest BCUT2D eigenvalue weighted by molar-refractivity contribution is -0.117. The van der Waals surface area contributed by atoms with Crippen molar-refractivity contribution in [3.63, 3.8) is 0 Å². The minimum absolute atomic E-state index is 0. The summed E-state index contributed by atoms with van der Waals surface area (Å²) in [5, 5.41) is 2.71. The maximum Gasteiger partial charge on any atom is 0.253 e. The molecule has 0 aromatic heterocycles. The van der Waals surface area contributed by atoms with Crippen LogP contribution in [0.5, 0.6) is 0 Å². The summed E-state index contributed by atoms with van der Waals surface area (Å²) in [5.74, 6) is -0.376. The van der Waals surface area contributed by atoms with Crippen LogP contribution < -0.4 is 11.1 Å². The third-order valence-corrected chi connectivity index (χ3v) is 2.56. The van der Waals surface area contributed by atoms with Crippen LogP contribution in [0.4, 0.5) is 5.69 Å². The molecule has 0 saturated heterocycles. The van der Waals surface area contributed by atoms with Gasteiger partial charge in [-0.15, -0.1) is 12.4 Å². The second kappa shape index (κ2) is 7.11. The van der Waals surface area contributed by atoms with E-state index >= 15 is 0 Å². The number of halogens is 1. The summed E-state index contributed by atoms with van der Waals surface area (Å²) >= 11 is 0. The largest absolute Gasteiger partial charge is 0.345 e. The van der Waals surface area contributed by atoms with Gasteiger partial charge >= 0.3 is 0 Å². The van der Waals surface area contributed by atoms with Crippen LogP contribution in [0.3, 0.4) is 0 Å². The van der Waals surface area contributed by atoms with Crippen molar-refractivity contribution >= 4 is 29.9 Å². The van der Waals surface area contributed by atoms with Crippen molar-refractivity contribution in [1.82, 2.24) is 4.90 Å². The third kappa shape index (κ3) is 4.54. The van der Waals surface area contributed by atoms with E-state index in [-0.39, 0.29) is 24.2 Å². The zero-order valence-corrected chi connectivity index (χ0v) is 12.4. The molecule has 0 fully saturated rings. The fraction of sp³-hybridized carbons (Fsp3) is 0.385. The molecular formula is C13H20ClN3O2. The average molecular weight is 286 g/mol. The monoisotopic (exact) mass is 285 g/mol. The quantitative estimate of drug-likeness (QED) is 0.881. The standard InChI is InChI=1S/C13H19N3O2.ClH/c1-8-5-6-10(13(18)16(3)4)7-11(8)15-12(17)9(2)14;/h5-7,9H,14H2,1-4H3,(H,15,17);1H/t9-;/m1./s1.